The third kappa shape index (κ3) is 3.36. The molecule has 1 saturated carbocycles. The summed E-state index contributed by atoms with van der Waals surface area (Å²) in [5.41, 5.74) is -2.24. The Hall–Kier alpha value is -1.58. The van der Waals surface area contributed by atoms with Gasteiger partial charge in [-0.3, -0.25) is 10.1 Å². The highest BCUT2D eigenvalue weighted by atomic mass is 32.2. The molecule has 0 unspecified atom stereocenters. The SMILES string of the molecule is O=[N+]([O-])c1c(F)cccc1S(=O)(=O)NCC1(O)CCCC1. The Morgan fingerprint density at radius 2 is 2.00 bits per heavy atom. The fourth-order valence-corrected chi connectivity index (χ4v) is 3.71. The van der Waals surface area contributed by atoms with Crippen LogP contribution in [0.4, 0.5) is 10.1 Å². The number of sulfonamides is 1. The summed E-state index contributed by atoms with van der Waals surface area (Å²) >= 11 is 0. The van der Waals surface area contributed by atoms with Gasteiger partial charge in [-0.15, -0.1) is 0 Å². The Bertz CT molecular complexity index is 656. The van der Waals surface area contributed by atoms with E-state index in [-0.39, 0.29) is 6.54 Å². The van der Waals surface area contributed by atoms with Crippen LogP contribution in [-0.4, -0.2) is 30.6 Å². The van der Waals surface area contributed by atoms with Gasteiger partial charge in [0.05, 0.1) is 10.5 Å². The van der Waals surface area contributed by atoms with Gasteiger partial charge in [-0.1, -0.05) is 18.9 Å². The van der Waals surface area contributed by atoms with Gasteiger partial charge in [-0.05, 0) is 25.0 Å². The molecule has 0 radical (unpaired) electrons. The van der Waals surface area contributed by atoms with Crippen LogP contribution in [0.5, 0.6) is 0 Å². The zero-order chi connectivity index (χ0) is 15.7. The van der Waals surface area contributed by atoms with Crippen molar-refractivity contribution in [3.63, 3.8) is 0 Å². The number of para-hydroxylation sites is 1. The first-order valence-corrected chi connectivity index (χ1v) is 7.88. The molecule has 1 fully saturated rings. The van der Waals surface area contributed by atoms with E-state index in [4.69, 9.17) is 0 Å². The first kappa shape index (κ1) is 15.8. The lowest BCUT2D eigenvalue weighted by molar-refractivity contribution is -0.390. The van der Waals surface area contributed by atoms with Gasteiger partial charge in [-0.25, -0.2) is 13.1 Å². The fourth-order valence-electron chi connectivity index (χ4n) is 2.41. The number of nitrogens with zero attached hydrogens (tertiary/aromatic N) is 1. The highest BCUT2D eigenvalue weighted by molar-refractivity contribution is 7.89. The molecule has 9 heteroatoms. The number of hydrogen-bond acceptors (Lipinski definition) is 5. The zero-order valence-electron chi connectivity index (χ0n) is 11.1. The predicted octanol–water partition coefficient (Wildman–Crippen LogP) is 1.32. The van der Waals surface area contributed by atoms with Crippen molar-refractivity contribution in [2.75, 3.05) is 6.54 Å². The average molecular weight is 318 g/mol. The molecule has 7 nitrogen and oxygen atoms in total. The molecule has 0 spiro atoms. The number of hydrogen-bond donors (Lipinski definition) is 2. The van der Waals surface area contributed by atoms with Gasteiger partial charge in [-0.2, -0.15) is 4.39 Å². The van der Waals surface area contributed by atoms with E-state index in [0.717, 1.165) is 31.0 Å². The molecule has 0 atom stereocenters. The fraction of sp³-hybridized carbons (Fsp3) is 0.500. The molecule has 21 heavy (non-hydrogen) atoms. The molecule has 2 rings (SSSR count). The molecular formula is C12H15FN2O5S. The van der Waals surface area contributed by atoms with Crippen molar-refractivity contribution in [2.45, 2.75) is 36.2 Å². The van der Waals surface area contributed by atoms with Gasteiger partial charge >= 0.3 is 5.69 Å². The van der Waals surface area contributed by atoms with E-state index in [9.17, 15) is 28.0 Å². The number of rotatable bonds is 5. The number of nitro groups is 1. The average Bonchev–Trinajstić information content (AvgIpc) is 2.83. The molecule has 0 saturated heterocycles. The van der Waals surface area contributed by atoms with Crippen molar-refractivity contribution in [3.8, 4) is 0 Å². The lowest BCUT2D eigenvalue weighted by Crippen LogP contribution is -2.40. The lowest BCUT2D eigenvalue weighted by Gasteiger charge is -2.22. The molecular weight excluding hydrogens is 303 g/mol. The van der Waals surface area contributed by atoms with Gasteiger partial charge < -0.3 is 5.11 Å². The van der Waals surface area contributed by atoms with Gasteiger partial charge in [0.25, 0.3) is 0 Å². The second kappa shape index (κ2) is 5.66. The third-order valence-electron chi connectivity index (χ3n) is 3.55. The van der Waals surface area contributed by atoms with Crippen LogP contribution in [0.3, 0.4) is 0 Å². The molecule has 1 aliphatic carbocycles. The third-order valence-corrected chi connectivity index (χ3v) is 4.98. The van der Waals surface area contributed by atoms with Crippen LogP contribution in [0.2, 0.25) is 0 Å². The van der Waals surface area contributed by atoms with Crippen molar-refractivity contribution in [1.29, 1.82) is 0 Å². The predicted molar refractivity (Wildman–Crippen MR) is 71.7 cm³/mol. The second-order valence-corrected chi connectivity index (χ2v) is 6.84. The number of nitrogens with one attached hydrogen (secondary N) is 1. The summed E-state index contributed by atoms with van der Waals surface area (Å²) in [5, 5.41) is 20.9. The highest BCUT2D eigenvalue weighted by Crippen LogP contribution is 2.30. The maximum Gasteiger partial charge on any atom is 0.324 e. The largest absolute Gasteiger partial charge is 0.389 e. The molecule has 116 valence electrons. The van der Waals surface area contributed by atoms with Crippen LogP contribution in [0.25, 0.3) is 0 Å². The molecule has 1 aromatic carbocycles. The van der Waals surface area contributed by atoms with Gasteiger partial charge in [0.1, 0.15) is 0 Å². The molecule has 0 amide bonds. The molecule has 0 bridgehead atoms. The van der Waals surface area contributed by atoms with Gasteiger partial charge in [0, 0.05) is 6.54 Å². The maximum absolute atomic E-state index is 13.5. The quantitative estimate of drug-likeness (QED) is 0.628. The van der Waals surface area contributed by atoms with E-state index in [2.05, 4.69) is 4.72 Å². The zero-order valence-corrected chi connectivity index (χ0v) is 11.9. The Morgan fingerprint density at radius 1 is 1.38 bits per heavy atom. The first-order valence-electron chi connectivity index (χ1n) is 6.40. The van der Waals surface area contributed by atoms with Crippen LogP contribution < -0.4 is 4.72 Å². The number of nitro benzene ring substituents is 1. The molecule has 2 N–H and O–H groups in total. The topological polar surface area (TPSA) is 110 Å². The molecule has 0 aliphatic heterocycles. The van der Waals surface area contributed by atoms with Crippen LogP contribution in [-0.2, 0) is 10.0 Å². The summed E-state index contributed by atoms with van der Waals surface area (Å²) in [4.78, 5) is 9.02. The molecule has 1 aromatic rings. The number of aliphatic hydroxyl groups is 1. The van der Waals surface area contributed by atoms with E-state index in [1.165, 1.54) is 0 Å². The second-order valence-electron chi connectivity index (χ2n) is 5.10. The Balaban J connectivity index is 2.28. The summed E-state index contributed by atoms with van der Waals surface area (Å²) < 4.78 is 39.8. The summed E-state index contributed by atoms with van der Waals surface area (Å²) in [6, 6.07) is 2.87. The van der Waals surface area contributed by atoms with Crippen molar-refractivity contribution < 1.29 is 22.8 Å². The van der Waals surface area contributed by atoms with E-state index in [1.54, 1.807) is 0 Å². The molecule has 1 aliphatic rings. The Morgan fingerprint density at radius 3 is 2.57 bits per heavy atom. The van der Waals surface area contributed by atoms with Crippen molar-refractivity contribution >= 4 is 15.7 Å². The smallest absolute Gasteiger partial charge is 0.324 e. The van der Waals surface area contributed by atoms with Crippen LogP contribution in [0, 0.1) is 15.9 Å². The van der Waals surface area contributed by atoms with E-state index >= 15 is 0 Å². The normalized spacial score (nSPS) is 17.8. The van der Waals surface area contributed by atoms with E-state index in [1.807, 2.05) is 0 Å². The van der Waals surface area contributed by atoms with Gasteiger partial charge in [0.2, 0.25) is 15.8 Å². The van der Waals surface area contributed by atoms with Crippen LogP contribution >= 0.6 is 0 Å². The lowest BCUT2D eigenvalue weighted by atomic mass is 10.0. The maximum atomic E-state index is 13.5. The van der Waals surface area contributed by atoms with Crippen LogP contribution in [0.1, 0.15) is 25.7 Å². The first-order chi connectivity index (χ1) is 9.75. The van der Waals surface area contributed by atoms with Gasteiger partial charge in [0.15, 0.2) is 4.90 Å². The van der Waals surface area contributed by atoms with Crippen LogP contribution in [0.15, 0.2) is 23.1 Å². The minimum absolute atomic E-state index is 0.247. The Kier molecular flexibility index (Phi) is 4.26. The Labute approximate surface area is 121 Å². The van der Waals surface area contributed by atoms with E-state index in [0.29, 0.717) is 12.8 Å². The summed E-state index contributed by atoms with van der Waals surface area (Å²) in [7, 11) is -4.28. The standard InChI is InChI=1S/C12H15FN2O5S/c13-9-4-3-5-10(11(9)15(17)18)21(19,20)14-8-12(16)6-1-2-7-12/h3-5,14,16H,1-2,6-8H2. The number of benzene rings is 1. The monoisotopic (exact) mass is 318 g/mol. The minimum Gasteiger partial charge on any atom is -0.389 e. The van der Waals surface area contributed by atoms with E-state index < -0.39 is 36.9 Å². The molecule has 0 aromatic heterocycles. The van der Waals surface area contributed by atoms with Crippen molar-refractivity contribution in [1.82, 2.24) is 4.72 Å². The van der Waals surface area contributed by atoms with Crippen molar-refractivity contribution in [3.05, 3.63) is 34.1 Å². The number of halogens is 1. The summed E-state index contributed by atoms with van der Waals surface area (Å²) in [6.45, 7) is -0.247. The minimum atomic E-state index is -4.28. The highest BCUT2D eigenvalue weighted by Gasteiger charge is 2.35. The summed E-state index contributed by atoms with van der Waals surface area (Å²) in [5.74, 6) is -1.22. The molecule has 0 heterocycles. The van der Waals surface area contributed by atoms with Crippen molar-refractivity contribution in [2.24, 2.45) is 0 Å². The summed E-state index contributed by atoms with van der Waals surface area (Å²) in [6.07, 6.45) is 2.50.